The number of anilines is 1. The SMILES string of the molecule is COc1ccccc1CC(=O)Nc1cnn(CC(=O)N2CCSCC2)c1. The average Bonchev–Trinajstić information content (AvgIpc) is 3.09. The molecule has 1 aliphatic heterocycles. The third kappa shape index (κ3) is 4.78. The second kappa shape index (κ2) is 8.75. The number of amides is 2. The van der Waals surface area contributed by atoms with E-state index in [0.29, 0.717) is 11.4 Å². The molecule has 1 aromatic carbocycles. The van der Waals surface area contributed by atoms with Crippen molar-refractivity contribution >= 4 is 29.3 Å². The zero-order chi connectivity index (χ0) is 18.4. The predicted molar refractivity (Wildman–Crippen MR) is 101 cm³/mol. The Bertz CT molecular complexity index is 771. The minimum Gasteiger partial charge on any atom is -0.496 e. The van der Waals surface area contributed by atoms with Crippen LogP contribution in [0, 0.1) is 0 Å². The summed E-state index contributed by atoms with van der Waals surface area (Å²) in [5, 5.41) is 6.98. The first-order chi connectivity index (χ1) is 12.7. The first-order valence-electron chi connectivity index (χ1n) is 8.45. The molecule has 0 unspecified atom stereocenters. The van der Waals surface area contributed by atoms with Crippen molar-refractivity contribution in [2.75, 3.05) is 37.0 Å². The topological polar surface area (TPSA) is 76.5 Å². The van der Waals surface area contributed by atoms with Crippen molar-refractivity contribution in [1.82, 2.24) is 14.7 Å². The summed E-state index contributed by atoms with van der Waals surface area (Å²) in [6.07, 6.45) is 3.44. The Balaban J connectivity index is 1.54. The summed E-state index contributed by atoms with van der Waals surface area (Å²) in [7, 11) is 1.58. The first-order valence-corrected chi connectivity index (χ1v) is 9.61. The zero-order valence-corrected chi connectivity index (χ0v) is 15.5. The molecule has 2 amide bonds. The Morgan fingerprint density at radius 1 is 1.27 bits per heavy atom. The van der Waals surface area contributed by atoms with Gasteiger partial charge in [-0.3, -0.25) is 14.3 Å². The summed E-state index contributed by atoms with van der Waals surface area (Å²) < 4.78 is 6.82. The number of para-hydroxylation sites is 1. The van der Waals surface area contributed by atoms with Gasteiger partial charge in [0.1, 0.15) is 12.3 Å². The summed E-state index contributed by atoms with van der Waals surface area (Å²) in [5.41, 5.74) is 1.39. The van der Waals surface area contributed by atoms with Crippen LogP contribution in [0.2, 0.25) is 0 Å². The standard InChI is InChI=1S/C18H22N4O3S/c1-25-16-5-3-2-4-14(16)10-17(23)20-15-11-19-22(12-15)13-18(24)21-6-8-26-9-7-21/h2-5,11-12H,6-10,13H2,1H3,(H,20,23). The van der Waals surface area contributed by atoms with E-state index in [2.05, 4.69) is 10.4 Å². The fourth-order valence-corrected chi connectivity index (χ4v) is 3.70. The molecule has 1 N–H and O–H groups in total. The van der Waals surface area contributed by atoms with Gasteiger partial charge in [0, 0.05) is 36.4 Å². The van der Waals surface area contributed by atoms with Crippen molar-refractivity contribution in [2.24, 2.45) is 0 Å². The maximum Gasteiger partial charge on any atom is 0.244 e. The molecule has 1 fully saturated rings. The molecular weight excluding hydrogens is 352 g/mol. The molecule has 1 aliphatic rings. The maximum atomic E-state index is 12.3. The summed E-state index contributed by atoms with van der Waals surface area (Å²) >= 11 is 1.86. The number of nitrogens with zero attached hydrogens (tertiary/aromatic N) is 3. The number of hydrogen-bond donors (Lipinski definition) is 1. The van der Waals surface area contributed by atoms with Crippen LogP contribution in [-0.4, -0.2) is 58.2 Å². The van der Waals surface area contributed by atoms with Gasteiger partial charge in [0.25, 0.3) is 0 Å². The minimum atomic E-state index is -0.159. The van der Waals surface area contributed by atoms with Crippen molar-refractivity contribution in [3.8, 4) is 5.75 Å². The van der Waals surface area contributed by atoms with Crippen molar-refractivity contribution < 1.29 is 14.3 Å². The highest BCUT2D eigenvalue weighted by Gasteiger charge is 2.17. The summed E-state index contributed by atoms with van der Waals surface area (Å²) in [6, 6.07) is 7.42. The molecule has 1 aromatic heterocycles. The molecule has 26 heavy (non-hydrogen) atoms. The molecule has 0 spiro atoms. The van der Waals surface area contributed by atoms with E-state index < -0.39 is 0 Å². The molecule has 2 heterocycles. The van der Waals surface area contributed by atoms with Gasteiger partial charge in [-0.05, 0) is 6.07 Å². The highest BCUT2D eigenvalue weighted by atomic mass is 32.2. The van der Waals surface area contributed by atoms with Crippen LogP contribution in [0.1, 0.15) is 5.56 Å². The van der Waals surface area contributed by atoms with Gasteiger partial charge in [-0.25, -0.2) is 0 Å². The third-order valence-corrected chi connectivity index (χ3v) is 5.06. The van der Waals surface area contributed by atoms with Gasteiger partial charge in [-0.1, -0.05) is 18.2 Å². The Morgan fingerprint density at radius 2 is 2.04 bits per heavy atom. The number of ether oxygens (including phenoxy) is 1. The van der Waals surface area contributed by atoms with Gasteiger partial charge in [0.05, 0.1) is 25.4 Å². The van der Waals surface area contributed by atoms with Crippen LogP contribution < -0.4 is 10.1 Å². The summed E-state index contributed by atoms with van der Waals surface area (Å²) in [4.78, 5) is 26.4. The summed E-state index contributed by atoms with van der Waals surface area (Å²) in [6.45, 7) is 1.76. The largest absolute Gasteiger partial charge is 0.496 e. The number of aromatic nitrogens is 2. The number of benzene rings is 1. The van der Waals surface area contributed by atoms with Crippen molar-refractivity contribution in [3.05, 3.63) is 42.2 Å². The van der Waals surface area contributed by atoms with E-state index in [0.717, 1.165) is 30.2 Å². The van der Waals surface area contributed by atoms with Gasteiger partial charge < -0.3 is 15.0 Å². The molecule has 7 nitrogen and oxygen atoms in total. The highest BCUT2D eigenvalue weighted by molar-refractivity contribution is 7.99. The lowest BCUT2D eigenvalue weighted by Crippen LogP contribution is -2.39. The van der Waals surface area contributed by atoms with Gasteiger partial charge in [-0.2, -0.15) is 16.9 Å². The highest BCUT2D eigenvalue weighted by Crippen LogP contribution is 2.18. The second-order valence-electron chi connectivity index (χ2n) is 5.96. The molecule has 138 valence electrons. The maximum absolute atomic E-state index is 12.3. The van der Waals surface area contributed by atoms with E-state index >= 15 is 0 Å². The molecular formula is C18H22N4O3S. The van der Waals surface area contributed by atoms with Gasteiger partial charge in [0.15, 0.2) is 0 Å². The molecule has 2 aromatic rings. The summed E-state index contributed by atoms with van der Waals surface area (Å²) in [5.74, 6) is 2.54. The van der Waals surface area contributed by atoms with E-state index in [1.165, 1.54) is 0 Å². The molecule has 0 bridgehead atoms. The van der Waals surface area contributed by atoms with Crippen LogP contribution in [0.4, 0.5) is 5.69 Å². The van der Waals surface area contributed by atoms with Crippen LogP contribution in [0.15, 0.2) is 36.7 Å². The molecule has 0 atom stereocenters. The predicted octanol–water partition coefficient (Wildman–Crippen LogP) is 1.65. The number of methoxy groups -OCH3 is 1. The lowest BCUT2D eigenvalue weighted by Gasteiger charge is -2.26. The monoisotopic (exact) mass is 374 g/mol. The van der Waals surface area contributed by atoms with Crippen LogP contribution in [0.3, 0.4) is 0 Å². The fourth-order valence-electron chi connectivity index (χ4n) is 2.79. The fraction of sp³-hybridized carbons (Fsp3) is 0.389. The van der Waals surface area contributed by atoms with E-state index in [1.54, 1.807) is 24.2 Å². The normalized spacial score (nSPS) is 14.1. The number of carbonyl (C=O) groups excluding carboxylic acids is 2. The van der Waals surface area contributed by atoms with E-state index in [-0.39, 0.29) is 24.8 Å². The van der Waals surface area contributed by atoms with E-state index in [1.807, 2.05) is 40.9 Å². The Morgan fingerprint density at radius 3 is 2.81 bits per heavy atom. The lowest BCUT2D eigenvalue weighted by molar-refractivity contribution is -0.131. The lowest BCUT2D eigenvalue weighted by atomic mass is 10.1. The Hall–Kier alpha value is -2.48. The van der Waals surface area contributed by atoms with E-state index in [4.69, 9.17) is 4.74 Å². The van der Waals surface area contributed by atoms with Crippen LogP contribution in [-0.2, 0) is 22.6 Å². The zero-order valence-electron chi connectivity index (χ0n) is 14.7. The van der Waals surface area contributed by atoms with Gasteiger partial charge >= 0.3 is 0 Å². The number of thioether (sulfide) groups is 1. The molecule has 0 radical (unpaired) electrons. The van der Waals surface area contributed by atoms with Crippen molar-refractivity contribution in [3.63, 3.8) is 0 Å². The number of hydrogen-bond acceptors (Lipinski definition) is 5. The first kappa shape index (κ1) is 18.3. The number of nitrogens with one attached hydrogen (secondary N) is 1. The molecule has 3 rings (SSSR count). The molecule has 8 heteroatoms. The minimum absolute atomic E-state index is 0.0558. The number of carbonyl (C=O) groups is 2. The quantitative estimate of drug-likeness (QED) is 0.832. The van der Waals surface area contributed by atoms with Crippen LogP contribution in [0.25, 0.3) is 0 Å². The van der Waals surface area contributed by atoms with Crippen molar-refractivity contribution in [2.45, 2.75) is 13.0 Å². The van der Waals surface area contributed by atoms with Crippen LogP contribution in [0.5, 0.6) is 5.75 Å². The number of rotatable bonds is 6. The van der Waals surface area contributed by atoms with Gasteiger partial charge in [-0.15, -0.1) is 0 Å². The van der Waals surface area contributed by atoms with Crippen molar-refractivity contribution in [1.29, 1.82) is 0 Å². The third-order valence-electron chi connectivity index (χ3n) is 4.12. The smallest absolute Gasteiger partial charge is 0.244 e. The molecule has 1 saturated heterocycles. The average molecular weight is 374 g/mol. The molecule has 0 aliphatic carbocycles. The van der Waals surface area contributed by atoms with Crippen LogP contribution >= 0.6 is 11.8 Å². The Kier molecular flexibility index (Phi) is 6.17. The Labute approximate surface area is 156 Å². The second-order valence-corrected chi connectivity index (χ2v) is 7.18. The molecule has 0 saturated carbocycles. The van der Waals surface area contributed by atoms with Gasteiger partial charge in [0.2, 0.25) is 11.8 Å². The van der Waals surface area contributed by atoms with E-state index in [9.17, 15) is 9.59 Å².